The van der Waals surface area contributed by atoms with E-state index in [1.165, 1.54) is 17.1 Å². The first-order chi connectivity index (χ1) is 10.9. The number of anilines is 1. The topological polar surface area (TPSA) is 79.8 Å². The third-order valence-corrected chi connectivity index (χ3v) is 5.68. The molecule has 0 fully saturated rings. The largest absolute Gasteiger partial charge is 0.360 e. The van der Waals surface area contributed by atoms with Gasteiger partial charge in [0.1, 0.15) is 10.6 Å². The number of aromatic nitrogens is 3. The number of halogens is 3. The smallest absolute Gasteiger partial charge is 0.264 e. The maximum atomic E-state index is 12.6. The van der Waals surface area contributed by atoms with Gasteiger partial charge in [0.2, 0.25) is 0 Å². The van der Waals surface area contributed by atoms with Crippen molar-refractivity contribution in [3.63, 3.8) is 0 Å². The second-order valence-electron chi connectivity index (χ2n) is 4.71. The summed E-state index contributed by atoms with van der Waals surface area (Å²) < 4.78 is 30.0. The van der Waals surface area contributed by atoms with Gasteiger partial charge in [-0.1, -0.05) is 33.6 Å². The first kappa shape index (κ1) is 16.6. The number of aryl methyl sites for hydroxylation is 1. The zero-order chi connectivity index (χ0) is 16.6. The first-order valence-corrected chi connectivity index (χ1v) is 9.68. The van der Waals surface area contributed by atoms with Crippen molar-refractivity contribution in [3.8, 4) is 0 Å². The summed E-state index contributed by atoms with van der Waals surface area (Å²) in [6.07, 6.45) is 2.80. The second kappa shape index (κ2) is 6.35. The van der Waals surface area contributed by atoms with Crippen LogP contribution in [0.2, 0.25) is 5.15 Å². The van der Waals surface area contributed by atoms with E-state index < -0.39 is 10.0 Å². The number of nitrogens with one attached hydrogen (secondary N) is 2. The molecule has 0 spiro atoms. The lowest BCUT2D eigenvalue weighted by Gasteiger charge is -2.06. The highest BCUT2D eigenvalue weighted by Crippen LogP contribution is 2.29. The molecule has 0 amide bonds. The molecule has 0 aliphatic heterocycles. The molecule has 2 N–H and O–H groups in total. The molecule has 0 saturated heterocycles. The van der Waals surface area contributed by atoms with Crippen LogP contribution in [0.5, 0.6) is 0 Å². The van der Waals surface area contributed by atoms with Crippen LogP contribution in [-0.4, -0.2) is 29.1 Å². The number of fused-ring (bicyclic) bond motifs is 1. The Morgan fingerprint density at radius 2 is 2.17 bits per heavy atom. The molecule has 0 saturated carbocycles. The van der Waals surface area contributed by atoms with Gasteiger partial charge in [-0.05, 0) is 12.1 Å². The third kappa shape index (κ3) is 3.21. The van der Waals surface area contributed by atoms with E-state index in [9.17, 15) is 8.42 Å². The fraction of sp³-hybridized carbons (Fsp3) is 0.154. The van der Waals surface area contributed by atoms with Crippen LogP contribution in [0.1, 0.15) is 0 Å². The number of alkyl halides is 1. The predicted molar refractivity (Wildman–Crippen MR) is 94.8 cm³/mol. The molecule has 2 aromatic heterocycles. The van der Waals surface area contributed by atoms with Crippen LogP contribution in [0.15, 0.2) is 40.0 Å². The van der Waals surface area contributed by atoms with Gasteiger partial charge in [0, 0.05) is 27.5 Å². The lowest BCUT2D eigenvalue weighted by molar-refractivity contribution is 0.602. The molecule has 3 rings (SSSR count). The van der Waals surface area contributed by atoms with Crippen molar-refractivity contribution >= 4 is 65.7 Å². The minimum atomic E-state index is -3.80. The van der Waals surface area contributed by atoms with E-state index in [0.29, 0.717) is 23.3 Å². The number of sulfonamides is 1. The monoisotopic (exact) mass is 436 g/mol. The van der Waals surface area contributed by atoms with E-state index in [1.54, 1.807) is 18.2 Å². The summed E-state index contributed by atoms with van der Waals surface area (Å²) >= 11 is 15.1. The molecule has 2 heterocycles. The van der Waals surface area contributed by atoms with Crippen LogP contribution in [-0.2, 0) is 16.6 Å². The van der Waals surface area contributed by atoms with Gasteiger partial charge < -0.3 is 4.98 Å². The molecule has 0 bridgehead atoms. The quantitative estimate of drug-likeness (QED) is 0.595. The highest BCUT2D eigenvalue weighted by Gasteiger charge is 2.21. The molecule has 3 aromatic rings. The Balaban J connectivity index is 1.98. The van der Waals surface area contributed by atoms with Gasteiger partial charge in [-0.3, -0.25) is 9.40 Å². The number of hydrogen-bond donors (Lipinski definition) is 2. The fourth-order valence-corrected chi connectivity index (χ4v) is 4.20. The maximum absolute atomic E-state index is 12.6. The summed E-state index contributed by atoms with van der Waals surface area (Å²) in [6, 6.07) is 5.31. The van der Waals surface area contributed by atoms with Gasteiger partial charge >= 0.3 is 0 Å². The highest BCUT2D eigenvalue weighted by molar-refractivity contribution is 9.10. The summed E-state index contributed by atoms with van der Waals surface area (Å²) in [5.41, 5.74) is 0.923. The summed E-state index contributed by atoms with van der Waals surface area (Å²) in [5, 5.41) is 4.78. The molecule has 6 nitrogen and oxygen atoms in total. The van der Waals surface area contributed by atoms with E-state index in [1.807, 2.05) is 0 Å². The Kier molecular flexibility index (Phi) is 4.59. The molecule has 1 aromatic carbocycles. The zero-order valence-corrected chi connectivity index (χ0v) is 15.5. The first-order valence-electron chi connectivity index (χ1n) is 6.49. The Morgan fingerprint density at radius 3 is 2.91 bits per heavy atom. The average Bonchev–Trinajstić information content (AvgIpc) is 3.05. The fourth-order valence-electron chi connectivity index (χ4n) is 2.17. The average molecular weight is 438 g/mol. The van der Waals surface area contributed by atoms with Gasteiger partial charge in [0.15, 0.2) is 5.15 Å². The minimum Gasteiger partial charge on any atom is -0.360 e. The Morgan fingerprint density at radius 1 is 1.39 bits per heavy atom. The minimum absolute atomic E-state index is 0.140. The van der Waals surface area contributed by atoms with Crippen molar-refractivity contribution < 1.29 is 8.42 Å². The summed E-state index contributed by atoms with van der Waals surface area (Å²) in [5.74, 6) is 0.324. The molecule has 0 aliphatic rings. The standard InChI is InChI=1S/C13H11BrCl2N4O2S/c14-8-1-2-9-10(5-8)17-7-12(9)23(21,22)19-11-6-18-20(4-3-15)13(11)16/h1-2,5-7,17,19H,3-4H2. The summed E-state index contributed by atoms with van der Waals surface area (Å²) in [7, 11) is -3.80. The van der Waals surface area contributed by atoms with Gasteiger partial charge in [-0.15, -0.1) is 11.6 Å². The highest BCUT2D eigenvalue weighted by atomic mass is 79.9. The van der Waals surface area contributed by atoms with Crippen LogP contribution < -0.4 is 4.72 Å². The molecule has 0 radical (unpaired) electrons. The number of rotatable bonds is 5. The molecule has 122 valence electrons. The van der Waals surface area contributed by atoms with Crippen LogP contribution in [0.25, 0.3) is 10.9 Å². The molecular formula is C13H11BrCl2N4O2S. The SMILES string of the molecule is O=S(=O)(Nc1cnn(CCCl)c1Cl)c1c[nH]c2cc(Br)ccc12. The van der Waals surface area contributed by atoms with Gasteiger partial charge in [0.05, 0.1) is 12.7 Å². The molecule has 0 atom stereocenters. The Bertz CT molecular complexity index is 968. The van der Waals surface area contributed by atoms with Crippen molar-refractivity contribution in [3.05, 3.63) is 40.2 Å². The Hall–Kier alpha value is -1.22. The van der Waals surface area contributed by atoms with E-state index >= 15 is 0 Å². The van der Waals surface area contributed by atoms with Gasteiger partial charge in [-0.25, -0.2) is 8.42 Å². The third-order valence-electron chi connectivity index (χ3n) is 3.21. The maximum Gasteiger partial charge on any atom is 0.264 e. The number of benzene rings is 1. The lowest BCUT2D eigenvalue weighted by Crippen LogP contribution is -2.12. The zero-order valence-electron chi connectivity index (χ0n) is 11.6. The summed E-state index contributed by atoms with van der Waals surface area (Å²) in [6.45, 7) is 0.392. The molecule has 0 unspecified atom stereocenters. The van der Waals surface area contributed by atoms with Crippen LogP contribution in [0, 0.1) is 0 Å². The molecule has 10 heteroatoms. The van der Waals surface area contributed by atoms with Crippen molar-refractivity contribution in [2.45, 2.75) is 11.4 Å². The van der Waals surface area contributed by atoms with E-state index in [-0.39, 0.29) is 15.7 Å². The normalized spacial score (nSPS) is 12.0. The summed E-state index contributed by atoms with van der Waals surface area (Å²) in [4.78, 5) is 3.08. The number of H-pyrrole nitrogens is 1. The van der Waals surface area contributed by atoms with E-state index in [4.69, 9.17) is 23.2 Å². The van der Waals surface area contributed by atoms with Crippen LogP contribution in [0.3, 0.4) is 0 Å². The van der Waals surface area contributed by atoms with E-state index in [2.05, 4.69) is 30.7 Å². The van der Waals surface area contributed by atoms with Crippen LogP contribution >= 0.6 is 39.1 Å². The van der Waals surface area contributed by atoms with Crippen molar-refractivity contribution in [2.24, 2.45) is 0 Å². The number of nitrogens with zero attached hydrogens (tertiary/aromatic N) is 2. The molecule has 23 heavy (non-hydrogen) atoms. The molecular weight excluding hydrogens is 427 g/mol. The van der Waals surface area contributed by atoms with Gasteiger partial charge in [-0.2, -0.15) is 5.10 Å². The number of hydrogen-bond acceptors (Lipinski definition) is 3. The Labute approximate surface area is 151 Å². The predicted octanol–water partition coefficient (Wildman–Crippen LogP) is 3.82. The van der Waals surface area contributed by atoms with Gasteiger partial charge in [0.25, 0.3) is 10.0 Å². The van der Waals surface area contributed by atoms with Crippen molar-refractivity contribution in [2.75, 3.05) is 10.6 Å². The lowest BCUT2D eigenvalue weighted by atomic mass is 10.2. The molecule has 0 aliphatic carbocycles. The number of aromatic amines is 1. The van der Waals surface area contributed by atoms with E-state index in [0.717, 1.165) is 4.47 Å². The van der Waals surface area contributed by atoms with Crippen LogP contribution in [0.4, 0.5) is 5.69 Å². The van der Waals surface area contributed by atoms with Crippen molar-refractivity contribution in [1.82, 2.24) is 14.8 Å². The second-order valence-corrected chi connectivity index (χ2v) is 8.01. The van der Waals surface area contributed by atoms with Crippen molar-refractivity contribution in [1.29, 1.82) is 0 Å².